The number of benzene rings is 6. The zero-order chi connectivity index (χ0) is 77.4. The van der Waals surface area contributed by atoms with Gasteiger partial charge in [0.05, 0.1) is 48.2 Å². The van der Waals surface area contributed by atoms with Gasteiger partial charge >= 0.3 is 24.1 Å². The first kappa shape index (κ1) is 76.2. The Hall–Kier alpha value is -12.9. The van der Waals surface area contributed by atoms with E-state index in [1.54, 1.807) is 24.3 Å². The van der Waals surface area contributed by atoms with Gasteiger partial charge in [0.15, 0.2) is 0 Å². The minimum atomic E-state index is -1.94. The third-order valence-corrected chi connectivity index (χ3v) is 19.9. The van der Waals surface area contributed by atoms with E-state index in [4.69, 9.17) is 20.9 Å². The van der Waals surface area contributed by atoms with E-state index in [1.807, 2.05) is 72.8 Å². The fraction of sp³-hybridized carbons (Fsp3) is 0.342. The fourth-order valence-electron chi connectivity index (χ4n) is 14.8. The second-order valence-electron chi connectivity index (χ2n) is 26.7. The third-order valence-electron chi connectivity index (χ3n) is 19.9. The molecule has 14 N–H and O–H groups in total. The predicted octanol–water partition coefficient (Wildman–Crippen LogP) is 3.08. The van der Waals surface area contributed by atoms with E-state index in [0.29, 0.717) is 25.7 Å². The van der Waals surface area contributed by atoms with E-state index in [-0.39, 0.29) is 37.7 Å². The van der Waals surface area contributed by atoms with Crippen LogP contribution in [0.1, 0.15) is 118 Å². The number of carbonyl (C=O) groups excluding carboxylic acids is 12. The van der Waals surface area contributed by atoms with Gasteiger partial charge in [-0.3, -0.25) is 67.3 Å². The standard InChI is InChI=1S/C76H80N12O20/c1-39(73(103)85-29-11-21-53(85)69(77)99)83-59(91)35-81-71(101)55(33-61(93)94)87(75(105)107-37-49-45-17-7-3-13-41(45)42-14-4-8-18-46(42)49)31-27-79-51-23-24-52(64-63(51)67(97)65-57(89)25-26-58(90)66(65)68(64)98)80-28-32-88(76(106)108-38-50-47-19-9-5-15-43(47)44-16-6-10-20-48(44)50)56(34-62(95)96)72(102)82-36-60(92)84-40(2)74(104)86-30-12-22-54(86)70(78)100/h3-10,13-20,23-26,39-40,49-50,53-56,79-80,89-90H,11-12,21-22,27-38H2,1-2H3,(H2,77,99)(H2,78,100)(H,81,101)(H,82,102)(H,83,91)(H,84,92)(H,93,94)(H,95,96)/t39-,40-,53-,54-,55-,56-/m0/s1. The summed E-state index contributed by atoms with van der Waals surface area (Å²) in [6.07, 6.45) is -2.95. The van der Waals surface area contributed by atoms with Gasteiger partial charge < -0.3 is 83.1 Å². The molecule has 0 unspecified atom stereocenters. The number of amides is 10. The summed E-state index contributed by atoms with van der Waals surface area (Å²) in [6, 6.07) is 26.0. The number of nitrogens with one attached hydrogen (secondary N) is 6. The van der Waals surface area contributed by atoms with Gasteiger partial charge in [0.2, 0.25) is 58.8 Å². The smallest absolute Gasteiger partial charge is 0.410 e. The zero-order valence-electron chi connectivity index (χ0n) is 58.7. The maximum absolute atomic E-state index is 15.0. The highest BCUT2D eigenvalue weighted by Crippen LogP contribution is 2.47. The van der Waals surface area contributed by atoms with Crippen molar-refractivity contribution in [3.63, 3.8) is 0 Å². The van der Waals surface area contributed by atoms with E-state index in [9.17, 15) is 78.0 Å². The number of aromatic hydroxyl groups is 2. The first-order valence-corrected chi connectivity index (χ1v) is 35.0. The number of fused-ring (bicyclic) bond motifs is 8. The quantitative estimate of drug-likeness (QED) is 0.0288. The number of nitrogens with two attached hydrogens (primary N) is 2. The maximum Gasteiger partial charge on any atom is 0.410 e. The number of phenols is 2. The minimum absolute atomic E-state index is 0.169. The van der Waals surface area contributed by atoms with E-state index in [0.717, 1.165) is 66.4 Å². The molecule has 2 aliphatic heterocycles. The topological polar surface area (TPSA) is 476 Å². The molecule has 0 saturated carbocycles. The summed E-state index contributed by atoms with van der Waals surface area (Å²) in [4.78, 5) is 196. The Bertz CT molecular complexity index is 4270. The summed E-state index contributed by atoms with van der Waals surface area (Å²) >= 11 is 0. The Kier molecular flexibility index (Phi) is 23.3. The summed E-state index contributed by atoms with van der Waals surface area (Å²) in [7, 11) is 0. The molecular formula is C76H80N12O20. The lowest BCUT2D eigenvalue weighted by atomic mass is 9.81. The van der Waals surface area contributed by atoms with Gasteiger partial charge in [0.25, 0.3) is 0 Å². The minimum Gasteiger partial charge on any atom is -0.507 e. The van der Waals surface area contributed by atoms with Crippen molar-refractivity contribution in [3.05, 3.63) is 166 Å². The van der Waals surface area contributed by atoms with Gasteiger partial charge in [0.1, 0.15) is 61.0 Å². The Morgan fingerprint density at radius 1 is 0.491 bits per heavy atom. The molecule has 0 spiro atoms. The van der Waals surface area contributed by atoms with Crippen LogP contribution in [-0.2, 0) is 57.4 Å². The number of primary amides is 2. The van der Waals surface area contributed by atoms with Gasteiger partial charge in [-0.15, -0.1) is 0 Å². The van der Waals surface area contributed by atoms with Crippen LogP contribution in [0.25, 0.3) is 22.3 Å². The SMILES string of the molecule is C[C@H](NC(=O)CNC(=O)[C@H](CC(=O)O)N(CCNc1ccc(NCCN(C(=O)OCC2c3ccccc3-c3ccccc32)[C@@H](CC(=O)O)C(=O)NCC(=O)N[C@@H](C)C(=O)N2CCC[C@H]2C(N)=O)c2c1C(=O)c1c(O)ccc(O)c1C2=O)C(=O)OCC1c2ccccc2-c2ccccc21)C(=O)N1CCC[C@H]1C(N)=O. The van der Waals surface area contributed by atoms with Crippen LogP contribution >= 0.6 is 0 Å². The monoisotopic (exact) mass is 1480 g/mol. The number of carboxylic acid groups (broad SMARTS) is 2. The van der Waals surface area contributed by atoms with Crippen molar-refractivity contribution in [2.45, 2.75) is 100 Å². The lowest BCUT2D eigenvalue weighted by Crippen LogP contribution is -2.55. The average molecular weight is 1480 g/mol. The molecule has 6 atom stereocenters. The molecule has 10 amide bonds. The number of likely N-dealkylation sites (tertiary alicyclic amines) is 2. The van der Waals surface area contributed by atoms with Crippen LogP contribution in [0.4, 0.5) is 21.0 Å². The molecular weight excluding hydrogens is 1400 g/mol. The van der Waals surface area contributed by atoms with Crippen molar-refractivity contribution >= 4 is 94.3 Å². The summed E-state index contributed by atoms with van der Waals surface area (Å²) < 4.78 is 12.0. The lowest BCUT2D eigenvalue weighted by Gasteiger charge is -2.31. The van der Waals surface area contributed by atoms with Crippen molar-refractivity contribution in [1.82, 2.24) is 40.9 Å². The van der Waals surface area contributed by atoms with Crippen LogP contribution < -0.4 is 43.4 Å². The second kappa shape index (κ2) is 33.0. The molecule has 2 saturated heterocycles. The van der Waals surface area contributed by atoms with Crippen molar-refractivity contribution in [2.24, 2.45) is 11.5 Å². The van der Waals surface area contributed by atoms with Gasteiger partial charge in [-0.25, -0.2) is 9.59 Å². The summed E-state index contributed by atoms with van der Waals surface area (Å²) in [5, 5.41) is 58.7. The summed E-state index contributed by atoms with van der Waals surface area (Å²) in [5.41, 5.74) is 15.2. The van der Waals surface area contributed by atoms with E-state index < -0.39 is 217 Å². The average Bonchev–Trinajstić information content (AvgIpc) is 1.10. The molecule has 0 radical (unpaired) electrons. The molecule has 5 aliphatic rings. The molecule has 32 heteroatoms. The fourth-order valence-corrected chi connectivity index (χ4v) is 14.8. The number of phenolic OH excluding ortho intramolecular Hbond substituents is 2. The van der Waals surface area contributed by atoms with Crippen molar-refractivity contribution in [3.8, 4) is 33.8 Å². The largest absolute Gasteiger partial charge is 0.507 e. The Labute approximate surface area is 617 Å². The number of aliphatic carboxylic acids is 2. The van der Waals surface area contributed by atoms with Crippen LogP contribution in [-0.4, -0.2) is 225 Å². The Balaban J connectivity index is 0.864. The molecule has 6 aromatic rings. The highest BCUT2D eigenvalue weighted by molar-refractivity contribution is 6.33. The molecule has 2 heterocycles. The zero-order valence-corrected chi connectivity index (χ0v) is 58.7. The number of hydrogen-bond donors (Lipinski definition) is 12. The van der Waals surface area contributed by atoms with Gasteiger partial charge in [0, 0.05) is 62.5 Å². The number of ether oxygens (including phenoxy) is 2. The second-order valence-corrected chi connectivity index (χ2v) is 26.7. The molecule has 3 aliphatic carbocycles. The molecule has 6 aromatic carbocycles. The van der Waals surface area contributed by atoms with Crippen LogP contribution in [0.15, 0.2) is 121 Å². The van der Waals surface area contributed by atoms with E-state index >= 15 is 9.59 Å². The van der Waals surface area contributed by atoms with Crippen molar-refractivity contribution < 1.29 is 97.0 Å². The van der Waals surface area contributed by atoms with E-state index in [1.165, 1.54) is 35.8 Å². The van der Waals surface area contributed by atoms with Crippen LogP contribution in [0, 0.1) is 0 Å². The van der Waals surface area contributed by atoms with Crippen LogP contribution in [0.5, 0.6) is 11.5 Å². The highest BCUT2D eigenvalue weighted by atomic mass is 16.6. The van der Waals surface area contributed by atoms with Crippen LogP contribution in [0.2, 0.25) is 0 Å². The number of nitrogens with zero attached hydrogens (tertiary/aromatic N) is 4. The third kappa shape index (κ3) is 16.2. The first-order valence-electron chi connectivity index (χ1n) is 35.0. The number of carboxylic acids is 2. The van der Waals surface area contributed by atoms with Crippen molar-refractivity contribution in [2.75, 3.05) is 76.2 Å². The number of carbonyl (C=O) groups is 14. The molecule has 32 nitrogen and oxygen atoms in total. The van der Waals surface area contributed by atoms with Gasteiger partial charge in [-0.05, 0) is 108 Å². The summed E-state index contributed by atoms with van der Waals surface area (Å²) in [6.45, 7) is -1.41. The number of hydrogen-bond acceptors (Lipinski definition) is 20. The Morgan fingerprint density at radius 2 is 0.824 bits per heavy atom. The predicted molar refractivity (Wildman–Crippen MR) is 385 cm³/mol. The molecule has 2 fully saturated rings. The molecule has 564 valence electrons. The highest BCUT2D eigenvalue weighted by Gasteiger charge is 2.43. The number of rotatable bonds is 30. The lowest BCUT2D eigenvalue weighted by molar-refractivity contribution is -0.142. The van der Waals surface area contributed by atoms with Gasteiger partial charge in [-0.2, -0.15) is 0 Å². The molecule has 11 rings (SSSR count). The van der Waals surface area contributed by atoms with E-state index in [2.05, 4.69) is 31.9 Å². The summed E-state index contributed by atoms with van der Waals surface area (Å²) in [5.74, 6) is -14.6. The maximum atomic E-state index is 15.0. The number of ketones is 2. The first-order chi connectivity index (χ1) is 51.7. The van der Waals surface area contributed by atoms with Gasteiger partial charge in [-0.1, -0.05) is 97.1 Å². The normalized spacial score (nSPS) is 16.3. The molecule has 108 heavy (non-hydrogen) atoms. The number of anilines is 2. The molecule has 0 aromatic heterocycles. The molecule has 0 bridgehead atoms. The van der Waals surface area contributed by atoms with Crippen LogP contribution in [0.3, 0.4) is 0 Å². The van der Waals surface area contributed by atoms with Crippen molar-refractivity contribution in [1.29, 1.82) is 0 Å². The Morgan fingerprint density at radius 3 is 1.15 bits per heavy atom.